The van der Waals surface area contributed by atoms with Crippen molar-refractivity contribution in [2.45, 2.75) is 19.1 Å². The molecule has 0 aromatic heterocycles. The van der Waals surface area contributed by atoms with Crippen LogP contribution in [0.25, 0.3) is 0 Å². The topological polar surface area (TPSA) is 58.6 Å². The lowest BCUT2D eigenvalue weighted by molar-refractivity contribution is -0.149. The molecule has 1 fully saturated rings. The SMILES string of the molecule is C=CCN1CCNC(CC(=O)OCc2ccccc2)C1=O.Cl. The zero-order chi connectivity index (χ0) is 15.1. The van der Waals surface area contributed by atoms with Gasteiger partial charge in [-0.2, -0.15) is 0 Å². The molecule has 1 unspecified atom stereocenters. The maximum Gasteiger partial charge on any atom is 0.308 e. The maximum absolute atomic E-state index is 12.1. The molecule has 0 spiro atoms. The van der Waals surface area contributed by atoms with Gasteiger partial charge in [-0.3, -0.25) is 9.59 Å². The number of halogens is 1. The van der Waals surface area contributed by atoms with Crippen LogP contribution in [0.3, 0.4) is 0 Å². The molecule has 22 heavy (non-hydrogen) atoms. The van der Waals surface area contributed by atoms with Gasteiger partial charge in [0.15, 0.2) is 0 Å². The Balaban J connectivity index is 0.00000242. The Bertz CT molecular complexity index is 507. The number of carbonyl (C=O) groups excluding carboxylic acids is 2. The molecule has 1 aromatic carbocycles. The standard InChI is InChI=1S/C16H20N2O3.ClH/c1-2-9-18-10-8-17-14(16(18)20)11-15(19)21-12-13-6-4-3-5-7-13;/h2-7,14,17H,1,8-12H2;1H. The lowest BCUT2D eigenvalue weighted by Gasteiger charge is -2.32. The zero-order valence-corrected chi connectivity index (χ0v) is 13.2. The molecular weight excluding hydrogens is 304 g/mol. The second-order valence-electron chi connectivity index (χ2n) is 4.93. The Morgan fingerprint density at radius 2 is 2.14 bits per heavy atom. The van der Waals surface area contributed by atoms with Gasteiger partial charge in [0.05, 0.1) is 12.5 Å². The summed E-state index contributed by atoms with van der Waals surface area (Å²) in [5, 5.41) is 3.06. The summed E-state index contributed by atoms with van der Waals surface area (Å²) < 4.78 is 5.20. The third kappa shape index (κ3) is 5.16. The van der Waals surface area contributed by atoms with Crippen LogP contribution >= 0.6 is 12.4 Å². The monoisotopic (exact) mass is 324 g/mol. The lowest BCUT2D eigenvalue weighted by Crippen LogP contribution is -2.55. The first-order valence-electron chi connectivity index (χ1n) is 7.03. The van der Waals surface area contributed by atoms with Gasteiger partial charge in [-0.05, 0) is 5.56 Å². The summed E-state index contributed by atoms with van der Waals surface area (Å²) in [7, 11) is 0. The third-order valence-corrected chi connectivity index (χ3v) is 3.35. The van der Waals surface area contributed by atoms with Crippen molar-refractivity contribution in [3.05, 3.63) is 48.6 Å². The first kappa shape index (κ1) is 18.2. The smallest absolute Gasteiger partial charge is 0.308 e. The van der Waals surface area contributed by atoms with Crippen LogP contribution in [0.5, 0.6) is 0 Å². The summed E-state index contributed by atoms with van der Waals surface area (Å²) >= 11 is 0. The average Bonchev–Trinajstić information content (AvgIpc) is 2.50. The summed E-state index contributed by atoms with van der Waals surface area (Å²) in [6, 6.07) is 8.98. The molecule has 120 valence electrons. The van der Waals surface area contributed by atoms with Crippen LogP contribution in [0, 0.1) is 0 Å². The van der Waals surface area contributed by atoms with Crippen LogP contribution in [-0.2, 0) is 20.9 Å². The van der Waals surface area contributed by atoms with Gasteiger partial charge in [0.2, 0.25) is 5.91 Å². The summed E-state index contributed by atoms with van der Waals surface area (Å²) in [6.07, 6.45) is 1.74. The highest BCUT2D eigenvalue weighted by Crippen LogP contribution is 2.08. The summed E-state index contributed by atoms with van der Waals surface area (Å²) in [6.45, 7) is 5.69. The van der Waals surface area contributed by atoms with Crippen LogP contribution < -0.4 is 5.32 Å². The van der Waals surface area contributed by atoms with Gasteiger partial charge in [0, 0.05) is 19.6 Å². The number of amides is 1. The Morgan fingerprint density at radius 1 is 1.41 bits per heavy atom. The van der Waals surface area contributed by atoms with E-state index in [9.17, 15) is 9.59 Å². The molecule has 1 saturated heterocycles. The van der Waals surface area contributed by atoms with E-state index in [0.29, 0.717) is 19.6 Å². The van der Waals surface area contributed by atoms with Crippen molar-refractivity contribution < 1.29 is 14.3 Å². The fraction of sp³-hybridized carbons (Fsp3) is 0.375. The quantitative estimate of drug-likeness (QED) is 0.637. The summed E-state index contributed by atoms with van der Waals surface area (Å²) in [5.41, 5.74) is 0.932. The largest absolute Gasteiger partial charge is 0.461 e. The summed E-state index contributed by atoms with van der Waals surface area (Å²) in [4.78, 5) is 25.7. The second kappa shape index (κ2) is 9.23. The Morgan fingerprint density at radius 3 is 2.82 bits per heavy atom. The van der Waals surface area contributed by atoms with Gasteiger partial charge >= 0.3 is 5.97 Å². The maximum atomic E-state index is 12.1. The third-order valence-electron chi connectivity index (χ3n) is 3.35. The summed E-state index contributed by atoms with van der Waals surface area (Å²) in [5.74, 6) is -0.442. The van der Waals surface area contributed by atoms with Crippen LogP contribution in [0.2, 0.25) is 0 Å². The van der Waals surface area contributed by atoms with E-state index in [1.165, 1.54) is 0 Å². The molecule has 1 aliphatic rings. The van der Waals surface area contributed by atoms with Gasteiger partial charge in [0.25, 0.3) is 0 Å². The van der Waals surface area contributed by atoms with Gasteiger partial charge < -0.3 is 15.0 Å². The molecule has 0 radical (unpaired) electrons. The molecule has 0 aliphatic carbocycles. The average molecular weight is 325 g/mol. The minimum Gasteiger partial charge on any atom is -0.461 e. The number of nitrogens with one attached hydrogen (secondary N) is 1. The predicted molar refractivity (Wildman–Crippen MR) is 86.7 cm³/mol. The van der Waals surface area contributed by atoms with Crippen LogP contribution in [-0.4, -0.2) is 42.5 Å². The zero-order valence-electron chi connectivity index (χ0n) is 12.4. The Kier molecular flexibility index (Phi) is 7.63. The number of hydrogen-bond donors (Lipinski definition) is 1. The molecule has 1 amide bonds. The number of piperazine rings is 1. The molecule has 6 heteroatoms. The molecule has 1 aliphatic heterocycles. The number of benzene rings is 1. The van der Waals surface area contributed by atoms with Gasteiger partial charge in [0.1, 0.15) is 6.61 Å². The number of nitrogens with zero attached hydrogens (tertiary/aromatic N) is 1. The Hall–Kier alpha value is -1.85. The second-order valence-corrected chi connectivity index (χ2v) is 4.93. The van der Waals surface area contributed by atoms with Crippen molar-refractivity contribution in [1.29, 1.82) is 0 Å². The predicted octanol–water partition coefficient (Wildman–Crippen LogP) is 1.53. The van der Waals surface area contributed by atoms with E-state index >= 15 is 0 Å². The highest BCUT2D eigenvalue weighted by Gasteiger charge is 2.29. The minimum atomic E-state index is -0.498. The van der Waals surface area contributed by atoms with E-state index in [1.807, 2.05) is 30.3 Å². The number of rotatable bonds is 6. The van der Waals surface area contributed by atoms with Crippen molar-refractivity contribution in [2.24, 2.45) is 0 Å². The first-order valence-corrected chi connectivity index (χ1v) is 7.03. The Labute approximate surface area is 136 Å². The number of esters is 1. The normalized spacial score (nSPS) is 17.5. The van der Waals surface area contributed by atoms with Gasteiger partial charge in [-0.15, -0.1) is 19.0 Å². The number of ether oxygens (including phenoxy) is 1. The van der Waals surface area contributed by atoms with Crippen molar-refractivity contribution in [3.8, 4) is 0 Å². The first-order chi connectivity index (χ1) is 10.2. The molecule has 1 N–H and O–H groups in total. The van der Waals surface area contributed by atoms with Gasteiger partial charge in [-0.1, -0.05) is 36.4 Å². The fourth-order valence-corrected chi connectivity index (χ4v) is 2.25. The van der Waals surface area contributed by atoms with E-state index in [4.69, 9.17) is 4.74 Å². The van der Waals surface area contributed by atoms with E-state index in [-0.39, 0.29) is 37.3 Å². The number of carbonyl (C=O) groups is 2. The van der Waals surface area contributed by atoms with Gasteiger partial charge in [-0.25, -0.2) is 0 Å². The molecule has 1 aromatic rings. The van der Waals surface area contributed by atoms with Crippen LogP contribution in [0.15, 0.2) is 43.0 Å². The van der Waals surface area contributed by atoms with Crippen LogP contribution in [0.4, 0.5) is 0 Å². The molecule has 1 atom stereocenters. The van der Waals surface area contributed by atoms with Crippen LogP contribution in [0.1, 0.15) is 12.0 Å². The van der Waals surface area contributed by atoms with E-state index in [0.717, 1.165) is 5.56 Å². The van der Waals surface area contributed by atoms with Crippen molar-refractivity contribution in [3.63, 3.8) is 0 Å². The highest BCUT2D eigenvalue weighted by molar-refractivity contribution is 5.87. The number of hydrogen-bond acceptors (Lipinski definition) is 4. The molecule has 1 heterocycles. The molecular formula is C16H21ClN2O3. The van der Waals surface area contributed by atoms with E-state index in [2.05, 4.69) is 11.9 Å². The van der Waals surface area contributed by atoms with E-state index < -0.39 is 6.04 Å². The minimum absolute atomic E-state index is 0. The van der Waals surface area contributed by atoms with Crippen molar-refractivity contribution in [2.75, 3.05) is 19.6 Å². The van der Waals surface area contributed by atoms with E-state index in [1.54, 1.807) is 11.0 Å². The van der Waals surface area contributed by atoms with Crippen molar-refractivity contribution >= 4 is 24.3 Å². The molecule has 0 bridgehead atoms. The highest BCUT2D eigenvalue weighted by atomic mass is 35.5. The molecule has 2 rings (SSSR count). The molecule has 5 nitrogen and oxygen atoms in total. The lowest BCUT2D eigenvalue weighted by atomic mass is 10.1. The van der Waals surface area contributed by atoms with Crippen molar-refractivity contribution in [1.82, 2.24) is 10.2 Å². The molecule has 0 saturated carbocycles. The fourth-order valence-electron chi connectivity index (χ4n) is 2.25.